The van der Waals surface area contributed by atoms with E-state index in [1.165, 1.54) is 54.0 Å². The summed E-state index contributed by atoms with van der Waals surface area (Å²) in [4.78, 5) is 12.3. The number of para-hydroxylation sites is 4. The SMILES string of the molecule is c1ccc(N(c2ccc(-c3cccc4c3oc3ccc5ccccc5c34)cc2)c2ccc3c(c2)[nH]c2ccc4c(ccc5oc6cc(N(c7ccccc7)c7ccc(-c8cccc9c8[nH]c8ccc%10ccccc%10c89)cc7)ccc6c54)c23)cc1. The molecule has 2 N–H and O–H groups in total. The standard InChI is InChI=1S/C78H48N4O2/c1-3-15-51(16-4-1)81(53-33-27-50(28-34-53)60-22-12-24-66-75-58-20-10-8-14-48(58)30-43-71(75)84-78(60)66)55-35-37-63-69(45-55)79-67-42-39-62-61(74(63)67)40-44-70-76(62)64-38-36-56(46-72(64)83-70)82(52-17-5-2-6-18-52)54-31-25-49(26-32-54)59-21-11-23-65-73-57-19-9-7-13-47(57)29-41-68(73)80-77(59)65/h1-46,79-80H. The second-order valence-corrected chi connectivity index (χ2v) is 22.1. The van der Waals surface area contributed by atoms with Gasteiger partial charge in [0, 0.05) is 111 Å². The lowest BCUT2D eigenvalue weighted by Crippen LogP contribution is -2.09. The summed E-state index contributed by atoms with van der Waals surface area (Å²) in [5, 5.41) is 16.6. The molecular weight excluding hydrogens is 1020 g/mol. The first-order chi connectivity index (χ1) is 41.6. The maximum atomic E-state index is 6.83. The number of aromatic amines is 2. The zero-order chi connectivity index (χ0) is 55.0. The predicted molar refractivity (Wildman–Crippen MR) is 352 cm³/mol. The minimum absolute atomic E-state index is 0.837. The van der Waals surface area contributed by atoms with Crippen LogP contribution in [0.3, 0.4) is 0 Å². The van der Waals surface area contributed by atoms with Crippen molar-refractivity contribution < 1.29 is 8.83 Å². The highest BCUT2D eigenvalue weighted by atomic mass is 16.3. The highest BCUT2D eigenvalue weighted by molar-refractivity contribution is 6.29. The van der Waals surface area contributed by atoms with Crippen LogP contribution in [-0.4, -0.2) is 9.97 Å². The maximum absolute atomic E-state index is 6.83. The summed E-state index contributed by atoms with van der Waals surface area (Å²) >= 11 is 0. The molecule has 392 valence electrons. The van der Waals surface area contributed by atoms with Crippen LogP contribution in [0.15, 0.2) is 288 Å². The van der Waals surface area contributed by atoms with Crippen molar-refractivity contribution in [1.29, 1.82) is 0 Å². The minimum atomic E-state index is 0.837. The number of H-pyrrole nitrogens is 2. The molecule has 18 aromatic rings. The van der Waals surface area contributed by atoms with E-state index in [1.54, 1.807) is 0 Å². The summed E-state index contributed by atoms with van der Waals surface area (Å²) < 4.78 is 13.5. The van der Waals surface area contributed by atoms with E-state index < -0.39 is 0 Å². The van der Waals surface area contributed by atoms with Crippen LogP contribution in [0, 0.1) is 0 Å². The van der Waals surface area contributed by atoms with Gasteiger partial charge in [0.2, 0.25) is 0 Å². The van der Waals surface area contributed by atoms with E-state index in [-0.39, 0.29) is 0 Å². The van der Waals surface area contributed by atoms with E-state index in [9.17, 15) is 0 Å². The molecule has 0 saturated carbocycles. The molecule has 0 bridgehead atoms. The molecule has 0 atom stereocenters. The van der Waals surface area contributed by atoms with Gasteiger partial charge in [0.1, 0.15) is 22.3 Å². The quantitative estimate of drug-likeness (QED) is 0.159. The van der Waals surface area contributed by atoms with Crippen molar-refractivity contribution in [3.63, 3.8) is 0 Å². The Labute approximate surface area is 481 Å². The molecule has 18 rings (SSSR count). The second kappa shape index (κ2) is 18.1. The smallest absolute Gasteiger partial charge is 0.143 e. The largest absolute Gasteiger partial charge is 0.456 e. The molecule has 4 heterocycles. The highest BCUT2D eigenvalue weighted by Crippen LogP contribution is 2.46. The van der Waals surface area contributed by atoms with Gasteiger partial charge in [-0.05, 0) is 147 Å². The van der Waals surface area contributed by atoms with E-state index in [0.29, 0.717) is 0 Å². The first-order valence-corrected chi connectivity index (χ1v) is 28.6. The van der Waals surface area contributed by atoms with Gasteiger partial charge in [-0.3, -0.25) is 0 Å². The zero-order valence-corrected chi connectivity index (χ0v) is 45.3. The van der Waals surface area contributed by atoms with Crippen molar-refractivity contribution in [2.45, 2.75) is 0 Å². The molecule has 0 fully saturated rings. The number of rotatable bonds is 8. The van der Waals surface area contributed by atoms with Crippen molar-refractivity contribution in [2.24, 2.45) is 0 Å². The molecule has 0 aliphatic carbocycles. The lowest BCUT2D eigenvalue weighted by atomic mass is 9.99. The van der Waals surface area contributed by atoms with Crippen LogP contribution in [0.4, 0.5) is 34.1 Å². The van der Waals surface area contributed by atoms with Crippen LogP contribution >= 0.6 is 0 Å². The topological polar surface area (TPSA) is 64.3 Å². The predicted octanol–water partition coefficient (Wildman–Crippen LogP) is 22.5. The number of fused-ring (bicyclic) bond motifs is 19. The van der Waals surface area contributed by atoms with Crippen LogP contribution in [0.25, 0.3) is 142 Å². The molecule has 0 aliphatic heterocycles. The normalized spacial score (nSPS) is 12.0. The first-order valence-electron chi connectivity index (χ1n) is 28.6. The molecule has 6 heteroatoms. The number of nitrogens with zero attached hydrogens (tertiary/aromatic N) is 2. The lowest BCUT2D eigenvalue weighted by Gasteiger charge is -2.25. The third-order valence-electron chi connectivity index (χ3n) is 17.5. The zero-order valence-electron chi connectivity index (χ0n) is 45.3. The fraction of sp³-hybridized carbons (Fsp3) is 0. The molecule has 0 radical (unpaired) electrons. The number of hydrogen-bond acceptors (Lipinski definition) is 4. The number of anilines is 6. The maximum Gasteiger partial charge on any atom is 0.143 e. The average molecular weight is 1070 g/mol. The molecule has 0 amide bonds. The number of furan rings is 2. The van der Waals surface area contributed by atoms with E-state index in [1.807, 2.05) is 0 Å². The Morgan fingerprint density at radius 1 is 0.250 bits per heavy atom. The van der Waals surface area contributed by atoms with Gasteiger partial charge in [0.05, 0.1) is 5.52 Å². The van der Waals surface area contributed by atoms with Crippen molar-refractivity contribution in [1.82, 2.24) is 9.97 Å². The van der Waals surface area contributed by atoms with Gasteiger partial charge in [-0.15, -0.1) is 0 Å². The third-order valence-corrected chi connectivity index (χ3v) is 17.5. The van der Waals surface area contributed by atoms with Gasteiger partial charge in [-0.2, -0.15) is 0 Å². The van der Waals surface area contributed by atoms with Crippen molar-refractivity contribution in [3.8, 4) is 22.3 Å². The summed E-state index contributed by atoms with van der Waals surface area (Å²) in [6.45, 7) is 0. The Bertz CT molecular complexity index is 5320. The molecule has 0 spiro atoms. The number of benzene rings is 14. The Hall–Kier alpha value is -11.3. The Balaban J connectivity index is 0.696. The minimum Gasteiger partial charge on any atom is -0.456 e. The van der Waals surface area contributed by atoms with Crippen molar-refractivity contribution in [2.75, 3.05) is 9.80 Å². The van der Waals surface area contributed by atoms with Gasteiger partial charge in [0.15, 0.2) is 0 Å². The summed E-state index contributed by atoms with van der Waals surface area (Å²) in [5.74, 6) is 0. The van der Waals surface area contributed by atoms with Gasteiger partial charge < -0.3 is 28.6 Å². The molecule has 14 aromatic carbocycles. The number of nitrogens with one attached hydrogen (secondary N) is 2. The number of hydrogen-bond donors (Lipinski definition) is 2. The van der Waals surface area contributed by atoms with E-state index in [0.717, 1.165) is 122 Å². The van der Waals surface area contributed by atoms with Crippen LogP contribution in [0.5, 0.6) is 0 Å². The van der Waals surface area contributed by atoms with Crippen LogP contribution < -0.4 is 9.80 Å². The van der Waals surface area contributed by atoms with Crippen LogP contribution in [-0.2, 0) is 0 Å². The van der Waals surface area contributed by atoms with Crippen molar-refractivity contribution in [3.05, 3.63) is 279 Å². The molecular formula is C78H48N4O2. The number of aromatic nitrogens is 2. The highest BCUT2D eigenvalue weighted by Gasteiger charge is 2.22. The van der Waals surface area contributed by atoms with Crippen LogP contribution in [0.2, 0.25) is 0 Å². The summed E-state index contributed by atoms with van der Waals surface area (Å²) in [5.41, 5.74) is 18.7. The lowest BCUT2D eigenvalue weighted by molar-refractivity contribution is 0.669. The summed E-state index contributed by atoms with van der Waals surface area (Å²) in [6.07, 6.45) is 0. The molecule has 6 nitrogen and oxygen atoms in total. The summed E-state index contributed by atoms with van der Waals surface area (Å²) in [6, 6.07) is 100. The fourth-order valence-electron chi connectivity index (χ4n) is 13.7. The molecule has 4 aromatic heterocycles. The van der Waals surface area contributed by atoms with E-state index in [4.69, 9.17) is 8.83 Å². The molecule has 84 heavy (non-hydrogen) atoms. The van der Waals surface area contributed by atoms with Crippen molar-refractivity contribution >= 4 is 154 Å². The van der Waals surface area contributed by atoms with Gasteiger partial charge in [-0.25, -0.2) is 0 Å². The monoisotopic (exact) mass is 1070 g/mol. The summed E-state index contributed by atoms with van der Waals surface area (Å²) in [7, 11) is 0. The Kier molecular flexibility index (Phi) is 9.99. The average Bonchev–Trinajstić information content (AvgIpc) is 2.16. The van der Waals surface area contributed by atoms with Gasteiger partial charge in [0.25, 0.3) is 0 Å². The van der Waals surface area contributed by atoms with E-state index >= 15 is 0 Å². The van der Waals surface area contributed by atoms with Gasteiger partial charge >= 0.3 is 0 Å². The Morgan fingerprint density at radius 2 is 0.726 bits per heavy atom. The molecule has 0 aliphatic rings. The molecule has 0 unspecified atom stereocenters. The second-order valence-electron chi connectivity index (χ2n) is 22.1. The van der Waals surface area contributed by atoms with Crippen LogP contribution in [0.1, 0.15) is 0 Å². The fourth-order valence-corrected chi connectivity index (χ4v) is 13.7. The van der Waals surface area contributed by atoms with Gasteiger partial charge in [-0.1, -0.05) is 170 Å². The Morgan fingerprint density at radius 3 is 1.45 bits per heavy atom. The third kappa shape index (κ3) is 7.04. The van der Waals surface area contributed by atoms with E-state index in [2.05, 4.69) is 299 Å². The first kappa shape index (κ1) is 46.4. The molecule has 0 saturated heterocycles.